The maximum atomic E-state index is 13.8. The van der Waals surface area contributed by atoms with Crippen molar-refractivity contribution in [2.45, 2.75) is 57.1 Å². The van der Waals surface area contributed by atoms with Gasteiger partial charge < -0.3 is 20.6 Å². The van der Waals surface area contributed by atoms with Crippen LogP contribution in [0.2, 0.25) is 0 Å². The molecule has 0 radical (unpaired) electrons. The molecule has 46 heavy (non-hydrogen) atoms. The average Bonchev–Trinajstić information content (AvgIpc) is 3.22. The van der Waals surface area contributed by atoms with Crippen molar-refractivity contribution in [2.24, 2.45) is 0 Å². The topological polar surface area (TPSA) is 148 Å². The van der Waals surface area contributed by atoms with Gasteiger partial charge in [-0.25, -0.2) is 12.8 Å². The Balaban J connectivity index is 1.67. The van der Waals surface area contributed by atoms with E-state index in [9.17, 15) is 32.3 Å². The molecule has 0 bridgehead atoms. The zero-order valence-corrected chi connectivity index (χ0v) is 27.4. The predicted molar refractivity (Wildman–Crippen MR) is 173 cm³/mol. The van der Waals surface area contributed by atoms with Crippen molar-refractivity contribution >= 4 is 33.4 Å². The summed E-state index contributed by atoms with van der Waals surface area (Å²) in [6.45, 7) is 5.31. The molecule has 3 amide bonds. The molecule has 1 heterocycles. The van der Waals surface area contributed by atoms with E-state index < -0.39 is 57.5 Å². The van der Waals surface area contributed by atoms with Gasteiger partial charge in [-0.3, -0.25) is 24.0 Å². The van der Waals surface area contributed by atoms with E-state index in [1.165, 1.54) is 54.4 Å². The van der Waals surface area contributed by atoms with Gasteiger partial charge in [-0.15, -0.1) is 0 Å². The van der Waals surface area contributed by atoms with E-state index in [2.05, 4.69) is 16.0 Å². The summed E-state index contributed by atoms with van der Waals surface area (Å²) in [5, 5.41) is 20.3. The minimum atomic E-state index is -3.78. The van der Waals surface area contributed by atoms with E-state index in [-0.39, 0.29) is 29.1 Å². The number of carbonyl (C=O) groups is 3. The molecule has 4 atom stereocenters. The number of amides is 3. The van der Waals surface area contributed by atoms with Crippen molar-refractivity contribution in [3.8, 4) is 0 Å². The second-order valence-electron chi connectivity index (χ2n) is 12.1. The third kappa shape index (κ3) is 7.90. The van der Waals surface area contributed by atoms with Crippen LogP contribution in [0.5, 0.6) is 0 Å². The fourth-order valence-electron chi connectivity index (χ4n) is 5.23. The van der Waals surface area contributed by atoms with Crippen LogP contribution >= 0.6 is 0 Å². The van der Waals surface area contributed by atoms with Crippen molar-refractivity contribution in [3.63, 3.8) is 0 Å². The van der Waals surface area contributed by atoms with Crippen LogP contribution in [0.4, 0.5) is 10.1 Å². The lowest BCUT2D eigenvalue weighted by molar-refractivity contribution is -0.132. The molecular formula is C33H40FN5O6S. The van der Waals surface area contributed by atoms with E-state index in [1.807, 2.05) is 30.3 Å². The number of nitrogens with zero attached hydrogens (tertiary/aromatic N) is 2. The van der Waals surface area contributed by atoms with Crippen molar-refractivity contribution in [2.75, 3.05) is 24.7 Å². The Hall–Kier alpha value is -4.33. The van der Waals surface area contributed by atoms with Gasteiger partial charge in [0.05, 0.1) is 35.8 Å². The second kappa shape index (κ2) is 13.6. The highest BCUT2D eigenvalue weighted by Gasteiger charge is 2.47. The first-order valence-electron chi connectivity index (χ1n) is 14.7. The normalized spacial score (nSPS) is 18.0. The third-order valence-corrected chi connectivity index (χ3v) is 9.54. The molecule has 1 aliphatic heterocycles. The van der Waals surface area contributed by atoms with Gasteiger partial charge in [0.2, 0.25) is 15.9 Å². The summed E-state index contributed by atoms with van der Waals surface area (Å²) in [6, 6.07) is 16.3. The van der Waals surface area contributed by atoms with Crippen LogP contribution in [0, 0.1) is 5.82 Å². The van der Waals surface area contributed by atoms with Gasteiger partial charge in [-0.05, 0) is 68.7 Å². The zero-order chi connectivity index (χ0) is 34.0. The fraction of sp³-hybridized carbons (Fsp3) is 0.364. The molecule has 11 nitrogen and oxygen atoms in total. The molecule has 0 spiro atoms. The number of benzene rings is 3. The van der Waals surface area contributed by atoms with Crippen LogP contribution in [0.25, 0.3) is 0 Å². The Morgan fingerprint density at radius 3 is 2.11 bits per heavy atom. The summed E-state index contributed by atoms with van der Waals surface area (Å²) in [5.41, 5.74) is 0.723. The molecule has 1 fully saturated rings. The maximum absolute atomic E-state index is 13.8. The lowest BCUT2D eigenvalue weighted by atomic mass is 9.95. The summed E-state index contributed by atoms with van der Waals surface area (Å²) >= 11 is 0. The average molecular weight is 654 g/mol. The van der Waals surface area contributed by atoms with Crippen LogP contribution in [-0.2, 0) is 21.2 Å². The first-order chi connectivity index (χ1) is 21.5. The highest BCUT2D eigenvalue weighted by molar-refractivity contribution is 7.92. The van der Waals surface area contributed by atoms with Gasteiger partial charge in [-0.1, -0.05) is 42.5 Å². The lowest BCUT2D eigenvalue weighted by Crippen LogP contribution is -2.55. The van der Waals surface area contributed by atoms with Crippen LogP contribution in [0.3, 0.4) is 0 Å². The Morgan fingerprint density at radius 1 is 1.02 bits per heavy atom. The van der Waals surface area contributed by atoms with Crippen molar-refractivity contribution in [1.82, 2.24) is 20.9 Å². The van der Waals surface area contributed by atoms with Crippen LogP contribution in [0.15, 0.2) is 72.8 Å². The molecule has 3 aromatic carbocycles. The van der Waals surface area contributed by atoms with Crippen LogP contribution in [0.1, 0.15) is 58.7 Å². The van der Waals surface area contributed by atoms with Gasteiger partial charge in [0.25, 0.3) is 11.8 Å². The number of aliphatic hydroxyl groups excluding tert-OH is 1. The maximum Gasteiger partial charge on any atom is 0.251 e. The van der Waals surface area contributed by atoms with Gasteiger partial charge in [0, 0.05) is 25.2 Å². The molecular weight excluding hydrogens is 613 g/mol. The summed E-state index contributed by atoms with van der Waals surface area (Å²) in [6.07, 6.45) is -0.177. The predicted octanol–water partition coefficient (Wildman–Crippen LogP) is 2.58. The summed E-state index contributed by atoms with van der Waals surface area (Å²) < 4.78 is 39.2. The number of hydrogen-bond acceptors (Lipinski definition) is 7. The number of nitrogens with one attached hydrogen (secondary N) is 3. The number of halogens is 1. The molecule has 13 heteroatoms. The van der Waals surface area contributed by atoms with Gasteiger partial charge in [0.15, 0.2) is 0 Å². The smallest absolute Gasteiger partial charge is 0.251 e. The molecule has 0 aliphatic carbocycles. The molecule has 3 aromatic rings. The van der Waals surface area contributed by atoms with Gasteiger partial charge in [-0.2, -0.15) is 0 Å². The van der Waals surface area contributed by atoms with Crippen molar-refractivity contribution in [1.29, 1.82) is 0 Å². The minimum Gasteiger partial charge on any atom is -0.389 e. The number of rotatable bonds is 11. The molecule has 0 unspecified atom stereocenters. The van der Waals surface area contributed by atoms with Crippen LogP contribution in [-0.4, -0.2) is 80.3 Å². The highest BCUT2D eigenvalue weighted by atomic mass is 32.2. The standard InChI is InChI=1S/C33H40FN5O6S/c1-20(22-12-14-25(34)15-13-22)35-30(41)23-17-24(19-26(18-23)39(5)46(6,44)45)31(42)36-27(16-21-10-8-7-9-11-21)29(40)28-32(43)38(4)33(2,3)37-28/h7-15,17-20,27-29,37,40H,16H2,1-6H3,(H,35,41)(H,36,42)/t20-,27+,28+,29+/m1/s1. The zero-order valence-electron chi connectivity index (χ0n) is 26.6. The number of sulfonamides is 1. The molecule has 246 valence electrons. The van der Waals surface area contributed by atoms with E-state index in [1.54, 1.807) is 27.8 Å². The Morgan fingerprint density at radius 2 is 1.59 bits per heavy atom. The third-order valence-electron chi connectivity index (χ3n) is 8.33. The fourth-order valence-corrected chi connectivity index (χ4v) is 5.71. The second-order valence-corrected chi connectivity index (χ2v) is 14.1. The molecule has 4 N–H and O–H groups in total. The van der Waals surface area contributed by atoms with Crippen molar-refractivity contribution in [3.05, 3.63) is 101 Å². The summed E-state index contributed by atoms with van der Waals surface area (Å²) in [4.78, 5) is 41.8. The van der Waals surface area contributed by atoms with E-state index in [0.29, 0.717) is 5.56 Å². The molecule has 4 rings (SSSR count). The number of aliphatic hydroxyl groups is 1. The molecule has 0 saturated carbocycles. The molecule has 1 saturated heterocycles. The number of likely N-dealkylation sites (N-methyl/N-ethyl adjacent to an activating group) is 1. The highest BCUT2D eigenvalue weighted by Crippen LogP contribution is 2.25. The largest absolute Gasteiger partial charge is 0.389 e. The Labute approximate surface area is 268 Å². The van der Waals surface area contributed by atoms with Crippen molar-refractivity contribution < 1.29 is 32.3 Å². The van der Waals surface area contributed by atoms with E-state index in [4.69, 9.17) is 0 Å². The van der Waals surface area contributed by atoms with E-state index >= 15 is 0 Å². The van der Waals surface area contributed by atoms with E-state index in [0.717, 1.165) is 16.1 Å². The summed E-state index contributed by atoms with van der Waals surface area (Å²) in [5.74, 6) is -2.05. The quantitative estimate of drug-likeness (QED) is 0.249. The Kier molecular flexibility index (Phi) is 10.2. The SMILES string of the molecule is C[C@@H](NC(=O)c1cc(C(=O)N[C@@H](Cc2ccccc2)[C@H](O)[C@@H]2NC(C)(C)N(C)C2=O)cc(N(C)S(C)(=O)=O)c1)c1ccc(F)cc1. The Bertz CT molecular complexity index is 1700. The van der Waals surface area contributed by atoms with Gasteiger partial charge >= 0.3 is 0 Å². The minimum absolute atomic E-state index is 0.00304. The number of anilines is 1. The number of carbonyl (C=O) groups excluding carboxylic acids is 3. The lowest BCUT2D eigenvalue weighted by Gasteiger charge is -2.29. The first kappa shape index (κ1) is 34.5. The van der Waals surface area contributed by atoms with Gasteiger partial charge in [0.1, 0.15) is 11.9 Å². The number of hydrogen-bond donors (Lipinski definition) is 4. The monoisotopic (exact) mass is 653 g/mol. The summed E-state index contributed by atoms with van der Waals surface area (Å²) in [7, 11) is -0.854. The van der Waals surface area contributed by atoms with Crippen LogP contribution < -0.4 is 20.3 Å². The molecule has 1 aliphatic rings. The molecule has 0 aromatic heterocycles. The first-order valence-corrected chi connectivity index (χ1v) is 16.6.